The summed E-state index contributed by atoms with van der Waals surface area (Å²) in [5.74, 6) is -1.83. The summed E-state index contributed by atoms with van der Waals surface area (Å²) in [6.07, 6.45) is 12.7. The first-order chi connectivity index (χ1) is 34.1. The van der Waals surface area contributed by atoms with E-state index in [0.29, 0.717) is 37.4 Å². The number of benzene rings is 4. The number of hydrogen-bond acceptors (Lipinski definition) is 12. The molecule has 384 valence electrons. The minimum Gasteiger partial charge on any atom is -0.495 e. The number of aliphatic hydroxyl groups excluding tert-OH is 1. The molecule has 4 aromatic carbocycles. The first kappa shape index (κ1) is 56.7. The predicted molar refractivity (Wildman–Crippen MR) is 287 cm³/mol. The number of halogens is 3. The molecular weight excluding hydrogens is 989 g/mol. The standard InChI is InChI=1S/C52H66Cl3N7O8S/c1-6-9-11-13-15-19-27-61(28-20-16-14-12-10-7-2)70-48(64)35-62-50(57-44-22-18-17-21-39(44)52(62)66)49(56-43-25-23-37(31-36(43)4)60(8-3)29-30-63)51(65)58-46-32-38(24-26-47(46)69-5)71(67,68)59-45-34-41(54)40(53)33-42(45)55/h17-18,21-26,31-34,59,63H,6-16,19-20,27-30,35H2,1-5H3,(H,58,65). The second-order valence-electron chi connectivity index (χ2n) is 17.2. The number of unbranched alkanes of at least 4 members (excludes halogenated alkanes) is 10. The predicted octanol–water partition coefficient (Wildman–Crippen LogP) is 11.5. The number of aliphatic hydroxyl groups is 1. The molecule has 0 fully saturated rings. The summed E-state index contributed by atoms with van der Waals surface area (Å²) in [5.41, 5.74) is 0.873. The quantitative estimate of drug-likeness (QED) is 0.0179. The highest BCUT2D eigenvalue weighted by atomic mass is 35.5. The number of rotatable bonds is 29. The van der Waals surface area contributed by atoms with Gasteiger partial charge in [0, 0.05) is 31.9 Å². The molecule has 3 N–H and O–H groups in total. The Labute approximate surface area is 432 Å². The van der Waals surface area contributed by atoms with Crippen LogP contribution in [0.3, 0.4) is 0 Å². The molecule has 15 nitrogen and oxygen atoms in total. The van der Waals surface area contributed by atoms with Crippen molar-refractivity contribution >= 4 is 96.1 Å². The van der Waals surface area contributed by atoms with Crippen molar-refractivity contribution in [3.63, 3.8) is 0 Å². The van der Waals surface area contributed by atoms with E-state index >= 15 is 4.79 Å². The summed E-state index contributed by atoms with van der Waals surface area (Å²) in [7, 11) is -3.04. The summed E-state index contributed by atoms with van der Waals surface area (Å²) in [6, 6.07) is 18.3. The number of aryl methyl sites for hydroxylation is 1. The van der Waals surface area contributed by atoms with E-state index in [9.17, 15) is 23.1 Å². The lowest BCUT2D eigenvalue weighted by molar-refractivity contribution is -0.192. The van der Waals surface area contributed by atoms with Crippen LogP contribution in [0.4, 0.5) is 22.7 Å². The van der Waals surface area contributed by atoms with Crippen molar-refractivity contribution in [2.75, 3.05) is 54.8 Å². The van der Waals surface area contributed by atoms with Gasteiger partial charge in [-0.15, -0.1) is 5.06 Å². The van der Waals surface area contributed by atoms with E-state index in [1.165, 1.54) is 50.3 Å². The molecule has 0 aliphatic carbocycles. The number of carbonyl (C=O) groups excluding carboxylic acids is 2. The molecular formula is C52H66Cl3N7O8S. The summed E-state index contributed by atoms with van der Waals surface area (Å²) in [5, 5.41) is 14.5. The van der Waals surface area contributed by atoms with Gasteiger partial charge in [-0.1, -0.05) is 125 Å². The maximum atomic E-state index is 15.0. The maximum absolute atomic E-state index is 15.0. The number of ether oxygens (including phenoxy) is 1. The Kier molecular flexibility index (Phi) is 22.5. The number of amides is 1. The molecule has 0 saturated heterocycles. The van der Waals surface area contributed by atoms with Crippen LogP contribution in [0.1, 0.15) is 109 Å². The molecule has 1 heterocycles. The lowest BCUT2D eigenvalue weighted by Gasteiger charge is -2.23. The number of nitrogens with one attached hydrogen (secondary N) is 2. The molecule has 0 atom stereocenters. The number of likely N-dealkylation sites (N-methyl/N-ethyl adjacent to an activating group) is 1. The van der Waals surface area contributed by atoms with Crippen LogP contribution in [0.2, 0.25) is 15.1 Å². The van der Waals surface area contributed by atoms with Crippen LogP contribution in [0.25, 0.3) is 10.9 Å². The van der Waals surface area contributed by atoms with Crippen molar-refractivity contribution < 1.29 is 32.7 Å². The van der Waals surface area contributed by atoms with Crippen molar-refractivity contribution in [3.8, 4) is 5.75 Å². The van der Waals surface area contributed by atoms with Crippen LogP contribution in [-0.4, -0.2) is 85.6 Å². The van der Waals surface area contributed by atoms with Crippen molar-refractivity contribution in [3.05, 3.63) is 110 Å². The highest BCUT2D eigenvalue weighted by Gasteiger charge is 2.27. The number of methoxy groups -OCH3 is 1. The highest BCUT2D eigenvalue weighted by Crippen LogP contribution is 2.35. The van der Waals surface area contributed by atoms with Crippen molar-refractivity contribution in [2.24, 2.45) is 4.99 Å². The van der Waals surface area contributed by atoms with Crippen molar-refractivity contribution in [1.82, 2.24) is 14.6 Å². The van der Waals surface area contributed by atoms with Gasteiger partial charge in [0.15, 0.2) is 11.5 Å². The van der Waals surface area contributed by atoms with Gasteiger partial charge in [0.1, 0.15) is 12.3 Å². The zero-order valence-corrected chi connectivity index (χ0v) is 44.3. The van der Waals surface area contributed by atoms with E-state index in [1.807, 2.05) is 17.9 Å². The fourth-order valence-electron chi connectivity index (χ4n) is 7.95. The fourth-order valence-corrected chi connectivity index (χ4v) is 9.70. The molecule has 19 heteroatoms. The van der Waals surface area contributed by atoms with Gasteiger partial charge in [0.2, 0.25) is 0 Å². The molecule has 0 radical (unpaired) electrons. The Morgan fingerprint density at radius 2 is 1.44 bits per heavy atom. The summed E-state index contributed by atoms with van der Waals surface area (Å²) >= 11 is 18.6. The molecule has 1 amide bonds. The van der Waals surface area contributed by atoms with Crippen LogP contribution in [0.15, 0.2) is 87.5 Å². The number of nitrogens with zero attached hydrogens (tertiary/aromatic N) is 5. The molecule has 0 unspecified atom stereocenters. The number of para-hydroxylation sites is 1. The Morgan fingerprint density at radius 1 is 0.789 bits per heavy atom. The van der Waals surface area contributed by atoms with Crippen molar-refractivity contribution in [2.45, 2.75) is 116 Å². The minimum absolute atomic E-state index is 0.00822. The maximum Gasteiger partial charge on any atom is 0.345 e. The van der Waals surface area contributed by atoms with Gasteiger partial charge in [0.05, 0.1) is 61.6 Å². The smallest absolute Gasteiger partial charge is 0.345 e. The molecule has 1 aromatic heterocycles. The Hall–Kier alpha value is -5.23. The Bertz CT molecular complexity index is 2790. The van der Waals surface area contributed by atoms with Gasteiger partial charge in [-0.3, -0.25) is 18.9 Å². The van der Waals surface area contributed by atoms with E-state index in [0.717, 1.165) is 74.5 Å². The van der Waals surface area contributed by atoms with Gasteiger partial charge >= 0.3 is 5.97 Å². The monoisotopic (exact) mass is 1050 g/mol. The van der Waals surface area contributed by atoms with Gasteiger partial charge < -0.3 is 24.9 Å². The van der Waals surface area contributed by atoms with Crippen LogP contribution in [0.5, 0.6) is 5.75 Å². The number of hydrogen-bond donors (Lipinski definition) is 3. The lowest BCUT2D eigenvalue weighted by Crippen LogP contribution is -2.38. The number of sulfonamides is 1. The number of fused-ring (bicyclic) bond motifs is 1. The van der Waals surface area contributed by atoms with Gasteiger partial charge in [-0.25, -0.2) is 23.2 Å². The molecule has 0 saturated carbocycles. The first-order valence-corrected chi connectivity index (χ1v) is 26.9. The Morgan fingerprint density at radius 3 is 2.07 bits per heavy atom. The summed E-state index contributed by atoms with van der Waals surface area (Å²) in [4.78, 5) is 61.3. The lowest BCUT2D eigenvalue weighted by atomic mass is 10.1. The number of aliphatic imine (C=N–C) groups is 1. The number of anilines is 3. The van der Waals surface area contributed by atoms with Crippen LogP contribution >= 0.6 is 34.8 Å². The zero-order valence-electron chi connectivity index (χ0n) is 41.2. The SMILES string of the molecule is CCCCCCCCN(CCCCCCCC)OC(=O)Cn1c(C(=Nc2ccc(N(CC)CCO)cc2C)C(=O)Nc2cc(S(=O)(=O)Nc3cc(Cl)c(Cl)cc3Cl)ccc2OC)nc2ccccc2c1=O. The molecule has 0 aliphatic rings. The number of carbonyl (C=O) groups is 2. The average molecular weight is 1060 g/mol. The average Bonchev–Trinajstić information content (AvgIpc) is 3.34. The molecule has 0 aliphatic heterocycles. The molecule has 0 spiro atoms. The van der Waals surface area contributed by atoms with E-state index < -0.39 is 34.0 Å². The Balaban J connectivity index is 1.60. The normalized spacial score (nSPS) is 11.8. The van der Waals surface area contributed by atoms with Crippen LogP contribution in [-0.2, 0) is 31.0 Å². The molecule has 0 bridgehead atoms. The van der Waals surface area contributed by atoms with E-state index in [-0.39, 0.29) is 66.1 Å². The number of aromatic nitrogens is 2. The van der Waals surface area contributed by atoms with Gasteiger partial charge in [-0.2, -0.15) is 0 Å². The number of hydroxylamine groups is 2. The third-order valence-corrected chi connectivity index (χ3v) is 14.2. The van der Waals surface area contributed by atoms with Crippen LogP contribution in [0, 0.1) is 6.92 Å². The highest BCUT2D eigenvalue weighted by molar-refractivity contribution is 7.92. The summed E-state index contributed by atoms with van der Waals surface area (Å²) in [6.45, 7) is 9.47. The van der Waals surface area contributed by atoms with Crippen molar-refractivity contribution in [1.29, 1.82) is 0 Å². The molecule has 5 rings (SSSR count). The fraction of sp³-hybridized carbons (Fsp3) is 0.442. The zero-order chi connectivity index (χ0) is 51.5. The molecule has 71 heavy (non-hydrogen) atoms. The third kappa shape index (κ3) is 16.1. The third-order valence-electron chi connectivity index (χ3n) is 11.8. The summed E-state index contributed by atoms with van der Waals surface area (Å²) < 4.78 is 36.7. The van der Waals surface area contributed by atoms with Gasteiger partial charge in [-0.05, 0) is 92.9 Å². The van der Waals surface area contributed by atoms with E-state index in [2.05, 4.69) is 23.9 Å². The topological polar surface area (TPSA) is 185 Å². The second-order valence-corrected chi connectivity index (χ2v) is 20.1. The first-order valence-electron chi connectivity index (χ1n) is 24.3. The van der Waals surface area contributed by atoms with Crippen LogP contribution < -0.4 is 25.2 Å². The van der Waals surface area contributed by atoms with Gasteiger partial charge in [0.25, 0.3) is 21.5 Å². The largest absolute Gasteiger partial charge is 0.495 e. The second kappa shape index (κ2) is 28.1. The minimum atomic E-state index is -4.38. The van der Waals surface area contributed by atoms with E-state index in [1.54, 1.807) is 48.4 Å². The van der Waals surface area contributed by atoms with E-state index in [4.69, 9.17) is 54.4 Å². The molecule has 5 aromatic rings.